The van der Waals surface area contributed by atoms with Crippen LogP contribution in [-0.2, 0) is 5.54 Å². The van der Waals surface area contributed by atoms with Crippen molar-refractivity contribution in [1.29, 1.82) is 0 Å². The Bertz CT molecular complexity index is 594. The fourth-order valence-electron chi connectivity index (χ4n) is 2.81. The molecule has 0 aliphatic carbocycles. The number of nitrogens with zero attached hydrogens (tertiary/aromatic N) is 2. The van der Waals surface area contributed by atoms with Gasteiger partial charge in [0.2, 0.25) is 5.95 Å². The van der Waals surface area contributed by atoms with Gasteiger partial charge in [0.25, 0.3) is 0 Å². The molecular formula is C14H19FIN3. The van der Waals surface area contributed by atoms with Crippen molar-refractivity contribution in [1.82, 2.24) is 9.55 Å². The highest BCUT2D eigenvalue weighted by atomic mass is 127. The molecule has 19 heavy (non-hydrogen) atoms. The topological polar surface area (TPSA) is 43.8 Å². The van der Waals surface area contributed by atoms with Gasteiger partial charge in [-0.05, 0) is 47.9 Å². The van der Waals surface area contributed by atoms with Crippen molar-refractivity contribution in [2.75, 3.05) is 5.73 Å². The fourth-order valence-corrected chi connectivity index (χ4v) is 3.26. The van der Waals surface area contributed by atoms with Gasteiger partial charge in [-0.3, -0.25) is 0 Å². The van der Waals surface area contributed by atoms with E-state index in [-0.39, 0.29) is 11.4 Å². The molecule has 0 atom stereocenters. The van der Waals surface area contributed by atoms with Crippen LogP contribution in [0.25, 0.3) is 11.0 Å². The first-order valence-electron chi connectivity index (χ1n) is 6.62. The number of hydrogen-bond donors (Lipinski definition) is 1. The van der Waals surface area contributed by atoms with Crippen LogP contribution in [0.15, 0.2) is 12.1 Å². The number of aromatic nitrogens is 2. The first-order chi connectivity index (χ1) is 8.99. The summed E-state index contributed by atoms with van der Waals surface area (Å²) in [6, 6.07) is 3.31. The van der Waals surface area contributed by atoms with Crippen molar-refractivity contribution in [3.05, 3.63) is 21.5 Å². The molecule has 0 aliphatic heterocycles. The van der Waals surface area contributed by atoms with E-state index in [0.717, 1.165) is 30.3 Å². The Morgan fingerprint density at radius 2 is 1.84 bits per heavy atom. The van der Waals surface area contributed by atoms with Crippen molar-refractivity contribution < 1.29 is 4.39 Å². The van der Waals surface area contributed by atoms with Crippen LogP contribution >= 0.6 is 22.6 Å². The second-order valence-corrected chi connectivity index (χ2v) is 6.01. The summed E-state index contributed by atoms with van der Waals surface area (Å²) in [6.45, 7) is 6.42. The SMILES string of the molecule is CCC(CC)(CC)n1c(N)nc2cc(I)c(F)cc21. The summed E-state index contributed by atoms with van der Waals surface area (Å²) in [6.07, 6.45) is 2.84. The molecule has 1 aromatic heterocycles. The second kappa shape index (κ2) is 5.26. The van der Waals surface area contributed by atoms with Gasteiger partial charge in [-0.1, -0.05) is 20.8 Å². The number of nitrogens with two attached hydrogens (primary N) is 1. The normalized spacial score (nSPS) is 12.3. The van der Waals surface area contributed by atoms with Crippen molar-refractivity contribution in [3.8, 4) is 0 Å². The van der Waals surface area contributed by atoms with E-state index in [1.54, 1.807) is 12.1 Å². The van der Waals surface area contributed by atoms with Gasteiger partial charge in [0.15, 0.2) is 0 Å². The van der Waals surface area contributed by atoms with Gasteiger partial charge >= 0.3 is 0 Å². The van der Waals surface area contributed by atoms with Gasteiger partial charge in [-0.2, -0.15) is 0 Å². The van der Waals surface area contributed by atoms with Crippen LogP contribution in [-0.4, -0.2) is 9.55 Å². The predicted octanol–water partition coefficient (Wildman–Crippen LogP) is 4.29. The molecule has 1 heterocycles. The molecule has 0 saturated carbocycles. The Morgan fingerprint density at radius 1 is 1.26 bits per heavy atom. The Balaban J connectivity index is 2.79. The lowest BCUT2D eigenvalue weighted by Crippen LogP contribution is -2.32. The molecule has 0 radical (unpaired) electrons. The standard InChI is InChI=1S/C14H19FIN3/c1-4-14(5-2,6-3)19-12-7-9(15)10(16)8-11(12)18-13(19)17/h7-8H,4-6H2,1-3H3,(H2,17,18). The van der Waals surface area contributed by atoms with Crippen LogP contribution < -0.4 is 5.73 Å². The molecule has 0 spiro atoms. The Morgan fingerprint density at radius 3 is 2.37 bits per heavy atom. The first kappa shape index (κ1) is 14.6. The number of halogens is 2. The number of rotatable bonds is 4. The van der Waals surface area contributed by atoms with Gasteiger partial charge in [0, 0.05) is 11.6 Å². The van der Waals surface area contributed by atoms with E-state index >= 15 is 0 Å². The van der Waals surface area contributed by atoms with Crippen molar-refractivity contribution in [3.63, 3.8) is 0 Å². The maximum atomic E-state index is 13.8. The van der Waals surface area contributed by atoms with Gasteiger partial charge in [-0.25, -0.2) is 9.37 Å². The van der Waals surface area contributed by atoms with Crippen LogP contribution in [0.3, 0.4) is 0 Å². The van der Waals surface area contributed by atoms with E-state index in [4.69, 9.17) is 5.73 Å². The quantitative estimate of drug-likeness (QED) is 0.811. The lowest BCUT2D eigenvalue weighted by atomic mass is 9.89. The van der Waals surface area contributed by atoms with Gasteiger partial charge < -0.3 is 10.3 Å². The summed E-state index contributed by atoms with van der Waals surface area (Å²) >= 11 is 1.98. The van der Waals surface area contributed by atoms with Gasteiger partial charge in [0.05, 0.1) is 14.6 Å². The molecule has 104 valence electrons. The molecule has 0 unspecified atom stereocenters. The number of anilines is 1. The average Bonchev–Trinajstić information content (AvgIpc) is 2.70. The zero-order valence-corrected chi connectivity index (χ0v) is 13.7. The van der Waals surface area contributed by atoms with E-state index in [2.05, 4.69) is 25.8 Å². The summed E-state index contributed by atoms with van der Waals surface area (Å²) in [5.41, 5.74) is 7.57. The van der Waals surface area contributed by atoms with Crippen LogP contribution in [0.1, 0.15) is 40.0 Å². The van der Waals surface area contributed by atoms with E-state index in [1.807, 2.05) is 27.2 Å². The minimum absolute atomic E-state index is 0.0853. The Kier molecular flexibility index (Phi) is 4.03. The van der Waals surface area contributed by atoms with E-state index in [1.165, 1.54) is 0 Å². The largest absolute Gasteiger partial charge is 0.369 e. The highest BCUT2D eigenvalue weighted by Gasteiger charge is 2.30. The first-order valence-corrected chi connectivity index (χ1v) is 7.70. The smallest absolute Gasteiger partial charge is 0.201 e. The summed E-state index contributed by atoms with van der Waals surface area (Å²) < 4.78 is 16.4. The maximum absolute atomic E-state index is 13.8. The minimum atomic E-state index is -0.216. The van der Waals surface area contributed by atoms with Gasteiger partial charge in [0.1, 0.15) is 5.82 Å². The molecule has 3 nitrogen and oxygen atoms in total. The summed E-state index contributed by atoms with van der Waals surface area (Å²) in [5, 5.41) is 0. The zero-order chi connectivity index (χ0) is 14.2. The molecule has 0 fully saturated rings. The van der Waals surface area contributed by atoms with E-state index in [0.29, 0.717) is 9.52 Å². The van der Waals surface area contributed by atoms with Crippen molar-refractivity contribution in [2.45, 2.75) is 45.6 Å². The lowest BCUT2D eigenvalue weighted by molar-refractivity contribution is 0.262. The third kappa shape index (κ3) is 2.22. The third-order valence-electron chi connectivity index (χ3n) is 4.17. The minimum Gasteiger partial charge on any atom is -0.369 e. The number of hydrogen-bond acceptors (Lipinski definition) is 2. The molecular weight excluding hydrogens is 356 g/mol. The molecule has 2 aromatic rings. The van der Waals surface area contributed by atoms with Crippen LogP contribution in [0.2, 0.25) is 0 Å². The van der Waals surface area contributed by atoms with Gasteiger partial charge in [-0.15, -0.1) is 0 Å². The molecule has 0 aliphatic rings. The monoisotopic (exact) mass is 375 g/mol. The Labute approximate surface area is 126 Å². The number of fused-ring (bicyclic) bond motifs is 1. The Hall–Kier alpha value is -0.850. The van der Waals surface area contributed by atoms with E-state index < -0.39 is 0 Å². The summed E-state index contributed by atoms with van der Waals surface area (Å²) in [4.78, 5) is 4.39. The molecule has 1 aromatic carbocycles. The predicted molar refractivity (Wildman–Crippen MR) is 85.7 cm³/mol. The van der Waals surface area contributed by atoms with Crippen molar-refractivity contribution in [2.24, 2.45) is 0 Å². The lowest BCUT2D eigenvalue weighted by Gasteiger charge is -2.33. The molecule has 0 amide bonds. The second-order valence-electron chi connectivity index (χ2n) is 4.85. The average molecular weight is 375 g/mol. The number of imidazole rings is 1. The third-order valence-corrected chi connectivity index (χ3v) is 5.00. The highest BCUT2D eigenvalue weighted by Crippen LogP contribution is 2.36. The van der Waals surface area contributed by atoms with Crippen molar-refractivity contribution >= 4 is 39.6 Å². The van der Waals surface area contributed by atoms with Crippen LogP contribution in [0.5, 0.6) is 0 Å². The maximum Gasteiger partial charge on any atom is 0.201 e. The number of benzene rings is 1. The molecule has 0 saturated heterocycles. The van der Waals surface area contributed by atoms with Crippen LogP contribution in [0, 0.1) is 9.39 Å². The number of nitrogen functional groups attached to an aromatic ring is 1. The fraction of sp³-hybridized carbons (Fsp3) is 0.500. The van der Waals surface area contributed by atoms with E-state index in [9.17, 15) is 4.39 Å². The molecule has 0 bridgehead atoms. The zero-order valence-electron chi connectivity index (χ0n) is 11.5. The summed E-state index contributed by atoms with van der Waals surface area (Å²) in [5.74, 6) is 0.258. The molecule has 2 rings (SSSR count). The molecule has 2 N–H and O–H groups in total. The molecule has 5 heteroatoms. The summed E-state index contributed by atoms with van der Waals surface area (Å²) in [7, 11) is 0. The van der Waals surface area contributed by atoms with Crippen LogP contribution in [0.4, 0.5) is 10.3 Å². The highest BCUT2D eigenvalue weighted by molar-refractivity contribution is 14.1.